The summed E-state index contributed by atoms with van der Waals surface area (Å²) < 4.78 is 75.6. The van der Waals surface area contributed by atoms with Crippen molar-refractivity contribution in [2.75, 3.05) is 13.2 Å². The fourth-order valence-electron chi connectivity index (χ4n) is 4.87. The predicted octanol–water partition coefficient (Wildman–Crippen LogP) is 7.16. The van der Waals surface area contributed by atoms with Gasteiger partial charge in [-0.3, -0.25) is 0 Å². The van der Waals surface area contributed by atoms with Crippen molar-refractivity contribution in [1.29, 1.82) is 0 Å². The molecule has 0 saturated carbocycles. The fourth-order valence-corrected chi connectivity index (χ4v) is 31.3. The van der Waals surface area contributed by atoms with Crippen LogP contribution >= 0.6 is 32.8 Å². The number of nitrogens with zero attached hydrogens (tertiary/aromatic N) is 3. The number of sulfonamides is 1. The SMILES string of the molecule is NS(=O)(=O)c1ccc(-n2nc(C(F)(F)F)cc2-c2ccc(C(=O)Oc3ccc(P4SP(=S)(c5ccc(O)cc5)S4)cc3)c(OCCCO[N+](=O)[O-])c2)cc1. The number of ether oxygens (including phenoxy) is 2. The molecule has 5 aromatic rings. The van der Waals surface area contributed by atoms with Crippen molar-refractivity contribution in [2.45, 2.75) is 17.5 Å². The van der Waals surface area contributed by atoms with E-state index in [1.165, 1.54) is 30.3 Å². The molecule has 0 bridgehead atoms. The van der Waals surface area contributed by atoms with Gasteiger partial charge in [-0.1, -0.05) is 39.9 Å². The number of phenols is 1. The lowest BCUT2D eigenvalue weighted by Crippen LogP contribution is -2.13. The van der Waals surface area contributed by atoms with Gasteiger partial charge in [0, 0.05) is 17.3 Å². The van der Waals surface area contributed by atoms with Crippen molar-refractivity contribution in [3.63, 3.8) is 0 Å². The normalized spacial score (nSPS) is 17.0. The molecule has 1 fully saturated rings. The largest absolute Gasteiger partial charge is 0.508 e. The molecule has 54 heavy (non-hydrogen) atoms. The molecule has 6 rings (SSSR count). The van der Waals surface area contributed by atoms with E-state index in [1.54, 1.807) is 46.3 Å². The molecule has 0 radical (unpaired) electrons. The number of rotatable bonds is 13. The van der Waals surface area contributed by atoms with Gasteiger partial charge >= 0.3 is 12.1 Å². The standard InChI is InChI=1S/C32H25F3N4O9P2S4/c33-32(34,35)30-19-28(38(37-30)21-3-13-26(14-4-21)54(36,44)45)20-2-15-27(29(18-20)46-16-1-17-47-39(42)43)31(41)48-23-7-9-24(10-8-23)49-52-50(51,53-49)25-11-5-22(40)6-12-25/h2-15,18-19,40H,1,16-17H2,(H2,36,44,45). The Kier molecular flexibility index (Phi) is 11.6. The number of carbonyl (C=O) groups is 1. The lowest BCUT2D eigenvalue weighted by atomic mass is 10.1. The van der Waals surface area contributed by atoms with E-state index in [4.69, 9.17) is 26.4 Å². The van der Waals surface area contributed by atoms with Gasteiger partial charge in [0.05, 0.1) is 40.3 Å². The topological polar surface area (TPSA) is 186 Å². The van der Waals surface area contributed by atoms with E-state index in [0.29, 0.717) is 0 Å². The van der Waals surface area contributed by atoms with E-state index >= 15 is 0 Å². The number of primary sulfonamides is 1. The van der Waals surface area contributed by atoms with E-state index in [2.05, 4.69) is 9.94 Å². The van der Waals surface area contributed by atoms with Crippen LogP contribution in [0.3, 0.4) is 0 Å². The smallest absolute Gasteiger partial charge is 0.435 e. The van der Waals surface area contributed by atoms with Crippen LogP contribution in [-0.4, -0.2) is 47.6 Å². The number of aromatic hydroxyl groups is 1. The van der Waals surface area contributed by atoms with Gasteiger partial charge in [0.15, 0.2) is 5.69 Å². The molecule has 0 atom stereocenters. The van der Waals surface area contributed by atoms with Crippen molar-refractivity contribution in [2.24, 2.45) is 5.14 Å². The Morgan fingerprint density at radius 2 is 1.67 bits per heavy atom. The van der Waals surface area contributed by atoms with Crippen molar-refractivity contribution in [3.05, 3.63) is 118 Å². The number of nitrogens with two attached hydrogens (primary N) is 1. The van der Waals surface area contributed by atoms with E-state index in [1.807, 2.05) is 24.3 Å². The van der Waals surface area contributed by atoms with Crippen LogP contribution in [0.1, 0.15) is 22.5 Å². The Hall–Kier alpha value is -4.16. The quantitative estimate of drug-likeness (QED) is 0.0304. The Morgan fingerprint density at radius 1 is 1.00 bits per heavy atom. The number of hydrogen-bond acceptors (Lipinski definition) is 13. The number of halogens is 3. The molecule has 4 aromatic carbocycles. The summed E-state index contributed by atoms with van der Waals surface area (Å²) in [7, 11) is -4.09. The summed E-state index contributed by atoms with van der Waals surface area (Å²) in [6, 6.07) is 23.2. The van der Waals surface area contributed by atoms with Gasteiger partial charge in [-0.2, -0.15) is 18.3 Å². The van der Waals surface area contributed by atoms with Gasteiger partial charge in [-0.25, -0.2) is 23.0 Å². The average molecular weight is 857 g/mol. The van der Waals surface area contributed by atoms with Crippen molar-refractivity contribution in [3.8, 4) is 34.2 Å². The van der Waals surface area contributed by atoms with Gasteiger partial charge in [0.1, 0.15) is 22.8 Å². The molecule has 282 valence electrons. The minimum absolute atomic E-state index is 0.0212. The molecular weight excluding hydrogens is 832 g/mol. The van der Waals surface area contributed by atoms with Crippen LogP contribution in [-0.2, 0) is 32.8 Å². The average Bonchev–Trinajstić information content (AvgIpc) is 3.57. The van der Waals surface area contributed by atoms with Crippen molar-refractivity contribution < 1.29 is 50.9 Å². The third-order valence-electron chi connectivity index (χ3n) is 7.44. The molecule has 0 amide bonds. The Labute approximate surface area is 318 Å². The second-order valence-corrected chi connectivity index (χ2v) is 29.4. The van der Waals surface area contributed by atoms with Gasteiger partial charge in [-0.15, -0.1) is 10.1 Å². The van der Waals surface area contributed by atoms with Crippen LogP contribution in [0.2, 0.25) is 0 Å². The highest BCUT2D eigenvalue weighted by Crippen LogP contribution is 2.99. The molecule has 0 aliphatic carbocycles. The third kappa shape index (κ3) is 9.20. The van der Waals surface area contributed by atoms with Gasteiger partial charge in [0.2, 0.25) is 10.0 Å². The Balaban J connectivity index is 1.25. The van der Waals surface area contributed by atoms with Crippen LogP contribution in [0.5, 0.6) is 17.2 Å². The monoisotopic (exact) mass is 856 g/mol. The first-order chi connectivity index (χ1) is 25.5. The van der Waals surface area contributed by atoms with Crippen molar-refractivity contribution in [1.82, 2.24) is 9.78 Å². The second-order valence-electron chi connectivity index (χ2n) is 11.2. The van der Waals surface area contributed by atoms with Gasteiger partial charge < -0.3 is 19.4 Å². The molecule has 1 saturated heterocycles. The zero-order chi connectivity index (χ0) is 38.8. The fraction of sp³-hybridized carbons (Fsp3) is 0.125. The highest BCUT2D eigenvalue weighted by Gasteiger charge is 2.40. The number of benzene rings is 4. The van der Waals surface area contributed by atoms with Crippen LogP contribution < -0.4 is 25.2 Å². The molecule has 13 nitrogen and oxygen atoms in total. The third-order valence-corrected chi connectivity index (χ3v) is 33.4. The zero-order valence-electron chi connectivity index (χ0n) is 27.2. The summed E-state index contributed by atoms with van der Waals surface area (Å²) in [6.45, 7) is -0.498. The molecule has 3 N–H and O–H groups in total. The molecule has 22 heteroatoms. The number of alkyl halides is 3. The predicted molar refractivity (Wildman–Crippen MR) is 204 cm³/mol. The maximum absolute atomic E-state index is 13.9. The van der Waals surface area contributed by atoms with E-state index in [0.717, 1.165) is 33.5 Å². The van der Waals surface area contributed by atoms with Crippen LogP contribution in [0.15, 0.2) is 102 Å². The van der Waals surface area contributed by atoms with Crippen LogP contribution in [0.25, 0.3) is 16.9 Å². The summed E-state index contributed by atoms with van der Waals surface area (Å²) in [5.74, 6) is -0.584. The minimum Gasteiger partial charge on any atom is -0.508 e. The molecule has 1 aromatic heterocycles. The first kappa shape index (κ1) is 39.5. The molecule has 0 unspecified atom stereocenters. The zero-order valence-corrected chi connectivity index (χ0v) is 32.2. The van der Waals surface area contributed by atoms with E-state index in [-0.39, 0.29) is 64.3 Å². The maximum atomic E-state index is 13.9. The van der Waals surface area contributed by atoms with Crippen LogP contribution in [0.4, 0.5) is 13.2 Å². The maximum Gasteiger partial charge on any atom is 0.435 e. The Morgan fingerprint density at radius 3 is 2.28 bits per heavy atom. The van der Waals surface area contributed by atoms with Crippen molar-refractivity contribution >= 4 is 71.2 Å². The lowest BCUT2D eigenvalue weighted by molar-refractivity contribution is -0.757. The van der Waals surface area contributed by atoms with Crippen LogP contribution in [0, 0.1) is 10.1 Å². The lowest BCUT2D eigenvalue weighted by Gasteiger charge is -2.37. The number of aromatic nitrogens is 2. The second kappa shape index (κ2) is 15.9. The Bertz CT molecular complexity index is 2360. The number of phenolic OH excluding ortho intramolecular Hbond substituents is 1. The van der Waals surface area contributed by atoms with E-state index < -0.39 is 43.7 Å². The highest BCUT2D eigenvalue weighted by molar-refractivity contribution is 9.43. The summed E-state index contributed by atoms with van der Waals surface area (Å²) in [6.07, 6.45) is -5.50. The molecule has 0 spiro atoms. The number of carbonyl (C=O) groups excluding carboxylic acids is 1. The molecule has 1 aliphatic heterocycles. The first-order valence-corrected chi connectivity index (χ1v) is 25.0. The molecular formula is C32H25F3N4O9P2S4. The van der Waals surface area contributed by atoms with Gasteiger partial charge in [0.25, 0.3) is 5.09 Å². The summed E-state index contributed by atoms with van der Waals surface area (Å²) in [5.41, 5.74) is -1.24. The molecule has 2 heterocycles. The summed E-state index contributed by atoms with van der Waals surface area (Å²) >= 11 is 9.36. The molecule has 1 aliphatic rings. The van der Waals surface area contributed by atoms with E-state index in [9.17, 15) is 41.6 Å². The minimum atomic E-state index is -4.85. The summed E-state index contributed by atoms with van der Waals surface area (Å²) in [4.78, 5) is 28.1. The number of hydrogen-bond donors (Lipinski definition) is 2. The first-order valence-electron chi connectivity index (χ1n) is 15.3. The van der Waals surface area contributed by atoms with Gasteiger partial charge in [-0.05, 0) is 96.3 Å². The summed E-state index contributed by atoms with van der Waals surface area (Å²) in [5, 5.41) is 30.1. The highest BCUT2D eigenvalue weighted by atomic mass is 33.7. The number of esters is 1.